The van der Waals surface area contributed by atoms with E-state index in [2.05, 4.69) is 24.5 Å². The van der Waals surface area contributed by atoms with E-state index in [-0.39, 0.29) is 11.7 Å². The Morgan fingerprint density at radius 1 is 1.15 bits per heavy atom. The van der Waals surface area contributed by atoms with Gasteiger partial charge in [-0.2, -0.15) is 0 Å². The molecule has 1 aliphatic heterocycles. The molecule has 0 aromatic carbocycles. The van der Waals surface area contributed by atoms with Crippen molar-refractivity contribution in [3.8, 4) is 0 Å². The van der Waals surface area contributed by atoms with Crippen molar-refractivity contribution in [2.45, 2.75) is 71.2 Å². The highest BCUT2D eigenvalue weighted by Gasteiger charge is 2.44. The van der Waals surface area contributed by atoms with E-state index in [0.29, 0.717) is 30.7 Å². The minimum atomic E-state index is -1.81. The molecule has 7 heteroatoms. The number of nitrogens with zero attached hydrogens (tertiary/aromatic N) is 2. The van der Waals surface area contributed by atoms with E-state index in [0.717, 1.165) is 38.8 Å². The first-order valence-electron chi connectivity index (χ1n) is 10.3. The lowest BCUT2D eigenvalue weighted by Crippen LogP contribution is -2.42. The Balaban J connectivity index is 2.03. The van der Waals surface area contributed by atoms with Gasteiger partial charge in [0.25, 0.3) is 0 Å². The van der Waals surface area contributed by atoms with Crippen molar-refractivity contribution in [2.24, 2.45) is 5.92 Å². The van der Waals surface area contributed by atoms with E-state index in [1.165, 1.54) is 6.42 Å². The van der Waals surface area contributed by atoms with Gasteiger partial charge < -0.3 is 18.5 Å². The zero-order chi connectivity index (χ0) is 19.7. The highest BCUT2D eigenvalue weighted by atomic mass is 28.4. The average Bonchev–Trinajstić information content (AvgIpc) is 3.07. The molecule has 0 radical (unpaired) electrons. The summed E-state index contributed by atoms with van der Waals surface area (Å²) in [5.41, 5.74) is -0.0229. The lowest BCUT2D eigenvalue weighted by molar-refractivity contribution is -0.00619. The topological polar surface area (TPSA) is 64.8 Å². The zero-order valence-electron chi connectivity index (χ0n) is 17.5. The van der Waals surface area contributed by atoms with Crippen molar-refractivity contribution >= 4 is 20.0 Å². The van der Waals surface area contributed by atoms with Crippen molar-refractivity contribution in [1.29, 1.82) is 0 Å². The normalized spacial score (nSPS) is 20.9. The maximum absolute atomic E-state index is 12.9. The molecular formula is C20H34N2O4Si. The summed E-state index contributed by atoms with van der Waals surface area (Å²) < 4.78 is 18.5. The van der Waals surface area contributed by atoms with Gasteiger partial charge in [-0.15, -0.1) is 0 Å². The lowest BCUT2D eigenvalue weighted by Gasteiger charge is -2.39. The molecule has 2 aliphatic rings. The second-order valence-electron chi connectivity index (χ2n) is 9.06. The van der Waals surface area contributed by atoms with Crippen molar-refractivity contribution in [1.82, 2.24) is 4.98 Å². The van der Waals surface area contributed by atoms with Gasteiger partial charge in [0.05, 0.1) is 13.2 Å². The van der Waals surface area contributed by atoms with Crippen LogP contribution >= 0.6 is 0 Å². The van der Waals surface area contributed by atoms with E-state index in [9.17, 15) is 4.79 Å². The van der Waals surface area contributed by atoms with E-state index in [1.807, 2.05) is 13.8 Å². The molecule has 0 bridgehead atoms. The molecule has 2 heterocycles. The van der Waals surface area contributed by atoms with Crippen LogP contribution < -0.4 is 4.90 Å². The number of hydrogen-bond acceptors (Lipinski definition) is 6. The monoisotopic (exact) mass is 394 g/mol. The molecule has 0 spiro atoms. The Morgan fingerprint density at radius 2 is 1.78 bits per heavy atom. The summed E-state index contributed by atoms with van der Waals surface area (Å²) in [7, 11) is -1.81. The van der Waals surface area contributed by atoms with Crippen LogP contribution in [0.5, 0.6) is 0 Å². The second kappa shape index (κ2) is 8.05. The highest BCUT2D eigenvalue weighted by Crippen LogP contribution is 2.44. The molecule has 6 nitrogen and oxygen atoms in total. The first-order valence-corrected chi connectivity index (χ1v) is 13.7. The molecule has 152 valence electrons. The highest BCUT2D eigenvalue weighted by molar-refractivity contribution is 6.69. The fraction of sp³-hybridized carbons (Fsp3) is 0.800. The molecule has 2 fully saturated rings. The van der Waals surface area contributed by atoms with Crippen LogP contribution in [0, 0.1) is 5.92 Å². The fourth-order valence-electron chi connectivity index (χ4n) is 3.99. The van der Waals surface area contributed by atoms with E-state index >= 15 is 0 Å². The number of rotatable bonds is 6. The van der Waals surface area contributed by atoms with Gasteiger partial charge in [0.15, 0.2) is 19.8 Å². The number of aromatic nitrogens is 1. The summed E-state index contributed by atoms with van der Waals surface area (Å²) in [6.07, 6.45) is 5.25. The van der Waals surface area contributed by atoms with E-state index in [4.69, 9.17) is 18.6 Å². The Morgan fingerprint density at radius 3 is 2.33 bits per heavy atom. The average molecular weight is 395 g/mol. The van der Waals surface area contributed by atoms with Crippen molar-refractivity contribution in [3.05, 3.63) is 11.6 Å². The van der Waals surface area contributed by atoms with Gasteiger partial charge in [-0.3, -0.25) is 4.79 Å². The molecule has 0 unspecified atom stereocenters. The molecule has 0 amide bonds. The Kier molecular flexibility index (Phi) is 6.13. The van der Waals surface area contributed by atoms with Crippen LogP contribution in [-0.2, 0) is 14.8 Å². The summed E-state index contributed by atoms with van der Waals surface area (Å²) in [5.74, 6) is 1.12. The third-order valence-corrected chi connectivity index (χ3v) is 6.22. The van der Waals surface area contributed by atoms with Crippen LogP contribution in [0.2, 0.25) is 19.6 Å². The predicted octanol–water partition coefficient (Wildman–Crippen LogP) is 4.36. The van der Waals surface area contributed by atoms with E-state index < -0.39 is 13.9 Å². The summed E-state index contributed by atoms with van der Waals surface area (Å²) in [4.78, 5) is 19.8. The number of carbonyl (C=O) groups excluding carboxylic acids is 1. The van der Waals surface area contributed by atoms with Crippen molar-refractivity contribution < 1.29 is 18.4 Å². The standard InChI is InChI=1S/C20H34N2O4Si/c1-15(2)17(23)16-18(22-11-13-24-14-12-22)25-19(21-16)20(26-27(3,4)5)9-7-6-8-10-20/h15H,6-14H2,1-5H3. The maximum Gasteiger partial charge on any atom is 0.228 e. The third kappa shape index (κ3) is 4.63. The Bertz CT molecular complexity index is 653. The molecule has 0 atom stereocenters. The number of oxazole rings is 1. The first-order chi connectivity index (χ1) is 12.7. The van der Waals surface area contributed by atoms with E-state index in [1.54, 1.807) is 0 Å². The van der Waals surface area contributed by atoms with Gasteiger partial charge in [-0.1, -0.05) is 33.1 Å². The molecule has 1 aromatic heterocycles. The quantitative estimate of drug-likeness (QED) is 0.527. The largest absolute Gasteiger partial charge is 0.421 e. The van der Waals surface area contributed by atoms with Crippen LogP contribution in [0.4, 0.5) is 5.88 Å². The molecule has 1 aromatic rings. The van der Waals surface area contributed by atoms with Crippen LogP contribution in [0.25, 0.3) is 0 Å². The first kappa shape index (κ1) is 20.5. The zero-order valence-corrected chi connectivity index (χ0v) is 18.5. The minimum Gasteiger partial charge on any atom is -0.421 e. The summed E-state index contributed by atoms with van der Waals surface area (Å²) in [6, 6.07) is 0. The number of ketones is 1. The molecular weight excluding hydrogens is 360 g/mol. The number of anilines is 1. The van der Waals surface area contributed by atoms with Gasteiger partial charge in [-0.25, -0.2) is 4.98 Å². The number of hydrogen-bond donors (Lipinski definition) is 0. The van der Waals surface area contributed by atoms with Crippen molar-refractivity contribution in [2.75, 3.05) is 31.2 Å². The van der Waals surface area contributed by atoms with Crippen molar-refractivity contribution in [3.63, 3.8) is 0 Å². The molecule has 1 aliphatic carbocycles. The molecule has 27 heavy (non-hydrogen) atoms. The predicted molar refractivity (Wildman–Crippen MR) is 108 cm³/mol. The summed E-state index contributed by atoms with van der Waals surface area (Å²) in [5, 5.41) is 0. The van der Waals surface area contributed by atoms with Crippen LogP contribution in [0.3, 0.4) is 0 Å². The van der Waals surface area contributed by atoms with Gasteiger partial charge in [0, 0.05) is 19.0 Å². The SMILES string of the molecule is CC(C)C(=O)c1nc(C2(O[Si](C)(C)C)CCCCC2)oc1N1CCOCC1. The molecule has 1 saturated heterocycles. The smallest absolute Gasteiger partial charge is 0.228 e. The molecule has 3 rings (SSSR count). The fourth-order valence-corrected chi connectivity index (χ4v) is 5.45. The van der Waals surface area contributed by atoms with Crippen LogP contribution in [0.15, 0.2) is 4.42 Å². The second-order valence-corrected chi connectivity index (χ2v) is 13.5. The number of Topliss-reactive ketones (excluding diaryl/α,β-unsaturated/α-hetero) is 1. The lowest BCUT2D eigenvalue weighted by atomic mass is 9.85. The third-order valence-electron chi connectivity index (χ3n) is 5.22. The number of morpholine rings is 1. The Labute approximate surface area is 163 Å². The van der Waals surface area contributed by atoms with Gasteiger partial charge in [0.1, 0.15) is 5.60 Å². The maximum atomic E-state index is 12.9. The molecule has 0 N–H and O–H groups in total. The summed E-state index contributed by atoms with van der Waals surface area (Å²) >= 11 is 0. The minimum absolute atomic E-state index is 0.0328. The Hall–Kier alpha value is -1.18. The van der Waals surface area contributed by atoms with Gasteiger partial charge in [-0.05, 0) is 32.5 Å². The van der Waals surface area contributed by atoms with Gasteiger partial charge >= 0.3 is 0 Å². The van der Waals surface area contributed by atoms with Crippen LogP contribution in [0.1, 0.15) is 62.3 Å². The number of carbonyl (C=O) groups is 1. The van der Waals surface area contributed by atoms with Gasteiger partial charge in [0.2, 0.25) is 11.8 Å². The molecule has 1 saturated carbocycles. The van der Waals surface area contributed by atoms with Crippen LogP contribution in [-0.4, -0.2) is 45.4 Å². The number of ether oxygens (including phenoxy) is 1. The summed E-state index contributed by atoms with van der Waals surface area (Å²) in [6.45, 7) is 13.1.